The maximum absolute atomic E-state index is 15.5. The van der Waals surface area contributed by atoms with Gasteiger partial charge in [-0.15, -0.1) is 0 Å². The number of carbonyl (C=O) groups excluding carboxylic acids is 8. The minimum Gasteiger partial charge on any atom is -0.463 e. The lowest BCUT2D eigenvalue weighted by Gasteiger charge is -2.49. The summed E-state index contributed by atoms with van der Waals surface area (Å²) >= 11 is 0. The molecule has 19 heteroatoms. The van der Waals surface area contributed by atoms with E-state index >= 15 is 24.0 Å². The van der Waals surface area contributed by atoms with Crippen LogP contribution in [0, 0.1) is 0 Å². The Labute approximate surface area is 880 Å². The molecular formula is C124H232N2O17. The predicted octanol–water partition coefficient (Wildman–Crippen LogP) is 35.8. The standard InChI is InChI=1S/C124H232N2O17/c1-9-17-25-33-41-49-57-65-73-81-89-97-109(127)125-117-122(141-115(133)103-95-87-79-71-63-55-47-39-31-23-15-7)120(108(106-136-112(130)100-92-84-76-68-60-52-44-36-28-20-12-4)137-123(117)142-116(134)104-96-88-80-72-64-56-48-40-32-24-16-8)143-124-118(126-110(128)98-90-82-74-66-58-50-42-34-26-18-10-2)121(140-114(132)102-94-86-78-70-62-54-46-38-30-22-14-6)119(139-113(131)101-93-85-77-69-61-53-45-37-29-21-13-5)107(138-124)105-135-111(129)99-91-83-75-67-59-51-43-35-27-19-11-3/h107-108,117-124H,9-106H2,1-8H3,(H,125,127)(H,126,128)/t107-,108-,117-,118-,119-,120-,121-,122-,123?,124+/m1/s1. The van der Waals surface area contributed by atoms with Crippen LogP contribution in [0.15, 0.2) is 0 Å². The van der Waals surface area contributed by atoms with Gasteiger partial charge in [0, 0.05) is 51.4 Å². The van der Waals surface area contributed by atoms with Gasteiger partial charge in [-0.25, -0.2) is 0 Å². The first-order valence-corrected chi connectivity index (χ1v) is 62.8. The molecule has 2 aliphatic heterocycles. The van der Waals surface area contributed by atoms with Gasteiger partial charge < -0.3 is 53.3 Å². The summed E-state index contributed by atoms with van der Waals surface area (Å²) in [5.41, 5.74) is 0. The summed E-state index contributed by atoms with van der Waals surface area (Å²) in [5.74, 6) is -4.12. The molecule has 1 unspecified atom stereocenters. The smallest absolute Gasteiger partial charge is 0.308 e. The van der Waals surface area contributed by atoms with Crippen LogP contribution in [0.4, 0.5) is 0 Å². The molecule has 0 radical (unpaired) electrons. The fourth-order valence-corrected chi connectivity index (χ4v) is 20.7. The molecule has 2 saturated heterocycles. The number of hydrogen-bond acceptors (Lipinski definition) is 17. The van der Waals surface area contributed by atoms with Crippen molar-refractivity contribution in [2.24, 2.45) is 0 Å². The van der Waals surface area contributed by atoms with Crippen LogP contribution in [-0.2, 0) is 81.0 Å². The summed E-state index contributed by atoms with van der Waals surface area (Å²) in [6, 6.07) is -2.91. The highest BCUT2D eigenvalue weighted by Gasteiger charge is 2.57. The number of amides is 2. The van der Waals surface area contributed by atoms with Crippen molar-refractivity contribution in [1.29, 1.82) is 0 Å². The second-order valence-corrected chi connectivity index (χ2v) is 43.9. The van der Waals surface area contributed by atoms with Crippen LogP contribution in [0.25, 0.3) is 0 Å². The third kappa shape index (κ3) is 80.2. The topological polar surface area (TPSA) is 244 Å². The molecule has 0 saturated carbocycles. The van der Waals surface area contributed by atoms with Crippen LogP contribution in [0.1, 0.15) is 672 Å². The Bertz CT molecular complexity index is 2880. The van der Waals surface area contributed by atoms with Crippen molar-refractivity contribution < 1.29 is 81.0 Å². The largest absolute Gasteiger partial charge is 0.463 e. The van der Waals surface area contributed by atoms with E-state index in [1.165, 1.54) is 302 Å². The lowest BCUT2D eigenvalue weighted by molar-refractivity contribution is -0.331. The van der Waals surface area contributed by atoms with Crippen LogP contribution < -0.4 is 10.6 Å². The molecule has 0 aromatic carbocycles. The zero-order chi connectivity index (χ0) is 103. The number of carbonyl (C=O) groups is 8. The van der Waals surface area contributed by atoms with E-state index in [-0.39, 0.29) is 57.3 Å². The molecule has 2 aliphatic rings. The van der Waals surface area contributed by atoms with E-state index in [1.807, 2.05) is 0 Å². The van der Waals surface area contributed by atoms with Gasteiger partial charge in [-0.05, 0) is 51.4 Å². The maximum atomic E-state index is 15.5. The molecule has 2 rings (SSSR count). The van der Waals surface area contributed by atoms with Crippen molar-refractivity contribution >= 4 is 47.6 Å². The third-order valence-electron chi connectivity index (χ3n) is 30.0. The lowest BCUT2D eigenvalue weighted by atomic mass is 9.93. The van der Waals surface area contributed by atoms with Crippen LogP contribution in [0.5, 0.6) is 0 Å². The molecule has 2 N–H and O–H groups in total. The molecule has 143 heavy (non-hydrogen) atoms. The first kappa shape index (κ1) is 135. The molecule has 2 amide bonds. The molecule has 0 aromatic heterocycles. The van der Waals surface area contributed by atoms with Crippen molar-refractivity contribution in [3.05, 3.63) is 0 Å². The summed E-state index contributed by atoms with van der Waals surface area (Å²) in [5, 5.41) is 6.52. The van der Waals surface area contributed by atoms with Crippen molar-refractivity contribution in [3.8, 4) is 0 Å². The van der Waals surface area contributed by atoms with E-state index in [2.05, 4.69) is 66.0 Å². The van der Waals surface area contributed by atoms with E-state index < -0.39 is 116 Å². The SMILES string of the molecule is CCCCCCCCCCCCCC(=O)N[C@H]1[C@H](O[C@H]2[C@H](OC(=O)CCCCCCCCCCCCC)[C@@H](NC(=O)CCCCCCCCCCCCC)C(OC(=O)CCCCCCCCCCCCC)O[C@@H]2COC(=O)CCCCCCCCCCCCC)O[C@H](COC(=O)CCCCCCCCCCCCC)[C@@H](OC(=O)CCCCCCCCCCCCC)[C@@H]1OC(=O)CCCCCCCCCCCCC. The van der Waals surface area contributed by atoms with Crippen LogP contribution in [0.3, 0.4) is 0 Å². The van der Waals surface area contributed by atoms with E-state index in [0.29, 0.717) is 51.4 Å². The molecule has 0 bridgehead atoms. The lowest BCUT2D eigenvalue weighted by Crippen LogP contribution is -2.71. The molecule has 0 aliphatic carbocycles. The third-order valence-corrected chi connectivity index (χ3v) is 30.0. The summed E-state index contributed by atoms with van der Waals surface area (Å²) < 4.78 is 62.1. The first-order valence-electron chi connectivity index (χ1n) is 62.8. The Kier molecular flexibility index (Phi) is 96.2. The normalized spacial score (nSPS) is 17.9. The number of esters is 6. The minimum absolute atomic E-state index is 0.00386. The van der Waals surface area contributed by atoms with E-state index in [9.17, 15) is 14.4 Å². The fraction of sp³-hybridized carbons (Fsp3) is 0.935. The van der Waals surface area contributed by atoms with Crippen LogP contribution in [-0.4, -0.2) is 122 Å². The van der Waals surface area contributed by atoms with E-state index in [0.717, 1.165) is 212 Å². The van der Waals surface area contributed by atoms with Crippen LogP contribution >= 0.6 is 0 Å². The van der Waals surface area contributed by atoms with Crippen molar-refractivity contribution in [1.82, 2.24) is 10.6 Å². The Morgan fingerprint density at radius 1 is 0.175 bits per heavy atom. The molecule has 840 valence electrons. The quantitative estimate of drug-likeness (QED) is 0.0327. The zero-order valence-corrected chi connectivity index (χ0v) is 95.0. The van der Waals surface area contributed by atoms with Gasteiger partial charge in [-0.1, -0.05) is 569 Å². The van der Waals surface area contributed by atoms with E-state index in [1.54, 1.807) is 0 Å². The fourth-order valence-electron chi connectivity index (χ4n) is 20.7. The highest BCUT2D eigenvalue weighted by molar-refractivity contribution is 5.78. The second-order valence-electron chi connectivity index (χ2n) is 43.9. The first-order chi connectivity index (χ1) is 70.2. The Hall–Kier alpha value is -4.36. The van der Waals surface area contributed by atoms with Gasteiger partial charge in [0.15, 0.2) is 24.6 Å². The highest BCUT2D eigenvalue weighted by atomic mass is 16.8. The Morgan fingerprint density at radius 2 is 0.336 bits per heavy atom. The van der Waals surface area contributed by atoms with Gasteiger partial charge >= 0.3 is 35.8 Å². The van der Waals surface area contributed by atoms with E-state index in [4.69, 9.17) is 42.6 Å². The molecule has 2 fully saturated rings. The van der Waals surface area contributed by atoms with Gasteiger partial charge in [0.1, 0.15) is 43.6 Å². The average molecular weight is 2020 g/mol. The van der Waals surface area contributed by atoms with Gasteiger partial charge in [0.05, 0.1) is 0 Å². The zero-order valence-electron chi connectivity index (χ0n) is 95.0. The second kappa shape index (κ2) is 102. The van der Waals surface area contributed by atoms with Crippen molar-refractivity contribution in [2.75, 3.05) is 13.2 Å². The number of nitrogens with one attached hydrogen (secondary N) is 2. The molecule has 0 spiro atoms. The van der Waals surface area contributed by atoms with Crippen molar-refractivity contribution in [3.63, 3.8) is 0 Å². The summed E-state index contributed by atoms with van der Waals surface area (Å²) in [6.07, 6.45) is 83.0. The number of hydrogen-bond donors (Lipinski definition) is 2. The summed E-state index contributed by atoms with van der Waals surface area (Å²) in [7, 11) is 0. The van der Waals surface area contributed by atoms with Gasteiger partial charge in [-0.3, -0.25) is 38.4 Å². The number of unbranched alkanes of at least 4 members (excludes halogenated alkanes) is 80. The molecule has 19 nitrogen and oxygen atoms in total. The minimum atomic E-state index is -1.73. The molecule has 10 atom stereocenters. The highest BCUT2D eigenvalue weighted by Crippen LogP contribution is 2.37. The molecule has 2 heterocycles. The predicted molar refractivity (Wildman–Crippen MR) is 592 cm³/mol. The average Bonchev–Trinajstić information content (AvgIpc) is 0.761. The number of ether oxygens (including phenoxy) is 9. The number of rotatable bonds is 108. The Balaban J connectivity index is 3.20. The Morgan fingerprint density at radius 3 is 0.559 bits per heavy atom. The summed E-state index contributed by atoms with van der Waals surface area (Å²) in [6.45, 7) is 17.0. The van der Waals surface area contributed by atoms with Gasteiger partial charge in [-0.2, -0.15) is 0 Å². The van der Waals surface area contributed by atoms with Crippen molar-refractivity contribution in [2.45, 2.75) is 733 Å². The molecule has 0 aromatic rings. The molecular weight excluding hydrogens is 1790 g/mol. The monoisotopic (exact) mass is 2020 g/mol. The summed E-state index contributed by atoms with van der Waals surface area (Å²) in [4.78, 5) is 121. The van der Waals surface area contributed by atoms with Gasteiger partial charge in [0.25, 0.3) is 0 Å². The van der Waals surface area contributed by atoms with Crippen LogP contribution in [0.2, 0.25) is 0 Å². The maximum Gasteiger partial charge on any atom is 0.308 e. The van der Waals surface area contributed by atoms with Gasteiger partial charge in [0.2, 0.25) is 18.1 Å².